The van der Waals surface area contributed by atoms with Gasteiger partial charge in [0.2, 0.25) is 12.3 Å². The van der Waals surface area contributed by atoms with Crippen molar-refractivity contribution in [1.29, 1.82) is 0 Å². The van der Waals surface area contributed by atoms with Crippen molar-refractivity contribution < 1.29 is 19.1 Å². The van der Waals surface area contributed by atoms with Gasteiger partial charge in [-0.2, -0.15) is 0 Å². The number of hydrogen-bond acceptors (Lipinski definition) is 5. The molecule has 2 amide bonds. The van der Waals surface area contributed by atoms with Crippen LogP contribution >= 0.6 is 0 Å². The molecule has 21 heavy (non-hydrogen) atoms. The van der Waals surface area contributed by atoms with Crippen LogP contribution in [0.25, 0.3) is 0 Å². The fourth-order valence-electron chi connectivity index (χ4n) is 1.98. The number of carbonyl (C=O) groups excluding carboxylic acids is 2. The third-order valence-electron chi connectivity index (χ3n) is 3.23. The van der Waals surface area contributed by atoms with E-state index in [1.54, 1.807) is 13.2 Å². The number of rotatable bonds is 8. The SMILES string of the molecule is COc1cc(C)c(CC(=O)N(C=O)CCCN)cc1OC. The number of aryl methyl sites for hydroxylation is 1. The summed E-state index contributed by atoms with van der Waals surface area (Å²) in [6.45, 7) is 2.66. The monoisotopic (exact) mass is 294 g/mol. The summed E-state index contributed by atoms with van der Waals surface area (Å²) in [4.78, 5) is 24.3. The van der Waals surface area contributed by atoms with E-state index in [9.17, 15) is 9.59 Å². The minimum absolute atomic E-state index is 0.134. The van der Waals surface area contributed by atoms with Crippen molar-refractivity contribution >= 4 is 12.3 Å². The fraction of sp³-hybridized carbons (Fsp3) is 0.467. The van der Waals surface area contributed by atoms with Gasteiger partial charge in [-0.05, 0) is 43.1 Å². The van der Waals surface area contributed by atoms with Crippen molar-refractivity contribution in [2.24, 2.45) is 5.73 Å². The highest BCUT2D eigenvalue weighted by Gasteiger charge is 2.16. The first-order valence-electron chi connectivity index (χ1n) is 6.73. The van der Waals surface area contributed by atoms with Crippen molar-refractivity contribution in [2.45, 2.75) is 19.8 Å². The predicted molar refractivity (Wildman–Crippen MR) is 79.4 cm³/mol. The van der Waals surface area contributed by atoms with E-state index < -0.39 is 0 Å². The molecule has 0 aliphatic carbocycles. The van der Waals surface area contributed by atoms with Gasteiger partial charge in [-0.1, -0.05) is 0 Å². The Morgan fingerprint density at radius 2 is 1.90 bits per heavy atom. The van der Waals surface area contributed by atoms with Gasteiger partial charge in [0.25, 0.3) is 0 Å². The lowest BCUT2D eigenvalue weighted by molar-refractivity contribution is -0.137. The van der Waals surface area contributed by atoms with Gasteiger partial charge in [-0.25, -0.2) is 0 Å². The molecule has 6 nitrogen and oxygen atoms in total. The van der Waals surface area contributed by atoms with Crippen LogP contribution in [0.1, 0.15) is 17.5 Å². The Morgan fingerprint density at radius 1 is 1.29 bits per heavy atom. The highest BCUT2D eigenvalue weighted by Crippen LogP contribution is 2.30. The second kappa shape index (κ2) is 8.26. The second-order valence-corrected chi connectivity index (χ2v) is 4.65. The van der Waals surface area contributed by atoms with Gasteiger partial charge in [0.05, 0.1) is 20.6 Å². The zero-order valence-corrected chi connectivity index (χ0v) is 12.7. The molecule has 0 fully saturated rings. The summed E-state index contributed by atoms with van der Waals surface area (Å²) in [6.07, 6.45) is 1.28. The maximum absolute atomic E-state index is 12.1. The fourth-order valence-corrected chi connectivity index (χ4v) is 1.98. The quantitative estimate of drug-likeness (QED) is 0.720. The van der Waals surface area contributed by atoms with Crippen LogP contribution < -0.4 is 15.2 Å². The molecule has 0 atom stereocenters. The predicted octanol–water partition coefficient (Wildman–Crippen LogP) is 0.889. The van der Waals surface area contributed by atoms with E-state index >= 15 is 0 Å². The van der Waals surface area contributed by atoms with Crippen molar-refractivity contribution in [1.82, 2.24) is 4.90 Å². The van der Waals surface area contributed by atoms with E-state index in [0.717, 1.165) is 16.0 Å². The summed E-state index contributed by atoms with van der Waals surface area (Å²) in [5.74, 6) is 0.917. The first-order valence-corrected chi connectivity index (χ1v) is 6.73. The lowest BCUT2D eigenvalue weighted by atomic mass is 10.0. The molecule has 0 aliphatic rings. The number of nitrogens with zero attached hydrogens (tertiary/aromatic N) is 1. The van der Waals surface area contributed by atoms with Crippen LogP contribution in [0, 0.1) is 6.92 Å². The first kappa shape index (κ1) is 17.0. The van der Waals surface area contributed by atoms with Gasteiger partial charge < -0.3 is 15.2 Å². The number of hydrogen-bond donors (Lipinski definition) is 1. The largest absolute Gasteiger partial charge is 0.493 e. The summed E-state index contributed by atoms with van der Waals surface area (Å²) in [5, 5.41) is 0. The zero-order valence-electron chi connectivity index (χ0n) is 12.7. The minimum Gasteiger partial charge on any atom is -0.493 e. The topological polar surface area (TPSA) is 81.9 Å². The van der Waals surface area contributed by atoms with Crippen LogP contribution in [0.4, 0.5) is 0 Å². The maximum atomic E-state index is 12.1. The molecule has 0 bridgehead atoms. The Morgan fingerprint density at radius 3 is 2.43 bits per heavy atom. The molecule has 116 valence electrons. The van der Waals surface area contributed by atoms with Crippen molar-refractivity contribution in [3.8, 4) is 11.5 Å². The summed E-state index contributed by atoms with van der Waals surface area (Å²) in [6, 6.07) is 3.57. The zero-order chi connectivity index (χ0) is 15.8. The Hall–Kier alpha value is -2.08. The average molecular weight is 294 g/mol. The van der Waals surface area contributed by atoms with E-state index in [1.165, 1.54) is 7.11 Å². The number of methoxy groups -OCH3 is 2. The van der Waals surface area contributed by atoms with Crippen LogP contribution in [0.5, 0.6) is 11.5 Å². The molecule has 2 N–H and O–H groups in total. The van der Waals surface area contributed by atoms with E-state index in [4.69, 9.17) is 15.2 Å². The van der Waals surface area contributed by atoms with Crippen molar-refractivity contribution in [3.63, 3.8) is 0 Å². The van der Waals surface area contributed by atoms with Crippen LogP contribution in [0.15, 0.2) is 12.1 Å². The molecule has 1 aromatic carbocycles. The van der Waals surface area contributed by atoms with E-state index in [2.05, 4.69) is 0 Å². The first-order chi connectivity index (χ1) is 10.1. The molecular weight excluding hydrogens is 272 g/mol. The average Bonchev–Trinajstić information content (AvgIpc) is 2.49. The Kier molecular flexibility index (Phi) is 6.68. The highest BCUT2D eigenvalue weighted by atomic mass is 16.5. The molecule has 6 heteroatoms. The number of ether oxygens (including phenoxy) is 2. The maximum Gasteiger partial charge on any atom is 0.233 e. The summed E-state index contributed by atoms with van der Waals surface area (Å²) in [5.41, 5.74) is 7.10. The third-order valence-corrected chi connectivity index (χ3v) is 3.23. The van der Waals surface area contributed by atoms with Gasteiger partial charge in [0, 0.05) is 6.54 Å². The molecule has 0 radical (unpaired) electrons. The van der Waals surface area contributed by atoms with Crippen LogP contribution in [-0.4, -0.2) is 44.5 Å². The number of benzene rings is 1. The van der Waals surface area contributed by atoms with Crippen molar-refractivity contribution in [2.75, 3.05) is 27.3 Å². The lowest BCUT2D eigenvalue weighted by Crippen LogP contribution is -2.33. The van der Waals surface area contributed by atoms with Crippen LogP contribution in [0.3, 0.4) is 0 Å². The standard InChI is InChI=1S/C15H22N2O4/c1-11-7-13(20-2)14(21-3)8-12(11)9-15(19)17(10-18)6-4-5-16/h7-8,10H,4-6,9,16H2,1-3H3. The summed E-state index contributed by atoms with van der Waals surface area (Å²) >= 11 is 0. The van der Waals surface area contributed by atoms with E-state index in [0.29, 0.717) is 37.4 Å². The second-order valence-electron chi connectivity index (χ2n) is 4.65. The van der Waals surface area contributed by atoms with Gasteiger partial charge in [-0.15, -0.1) is 0 Å². The van der Waals surface area contributed by atoms with Crippen LogP contribution in [0.2, 0.25) is 0 Å². The molecule has 0 saturated carbocycles. The van der Waals surface area contributed by atoms with Gasteiger partial charge >= 0.3 is 0 Å². The molecule has 0 aliphatic heterocycles. The lowest BCUT2D eigenvalue weighted by Gasteiger charge is -2.17. The molecule has 0 spiro atoms. The summed E-state index contributed by atoms with van der Waals surface area (Å²) < 4.78 is 10.4. The molecule has 1 aromatic rings. The number of nitrogens with two attached hydrogens (primary N) is 1. The minimum atomic E-state index is -0.256. The van der Waals surface area contributed by atoms with Crippen LogP contribution in [-0.2, 0) is 16.0 Å². The van der Waals surface area contributed by atoms with Crippen molar-refractivity contribution in [3.05, 3.63) is 23.3 Å². The molecule has 0 unspecified atom stereocenters. The van der Waals surface area contributed by atoms with E-state index in [1.807, 2.05) is 13.0 Å². The molecule has 0 aromatic heterocycles. The smallest absolute Gasteiger partial charge is 0.233 e. The molecule has 0 saturated heterocycles. The number of carbonyl (C=O) groups is 2. The normalized spacial score (nSPS) is 10.1. The number of imide groups is 1. The number of amides is 2. The summed E-state index contributed by atoms with van der Waals surface area (Å²) in [7, 11) is 3.10. The van der Waals surface area contributed by atoms with Gasteiger partial charge in [0.1, 0.15) is 0 Å². The Balaban J connectivity index is 2.91. The van der Waals surface area contributed by atoms with Gasteiger partial charge in [-0.3, -0.25) is 14.5 Å². The highest BCUT2D eigenvalue weighted by molar-refractivity contribution is 5.88. The molecule has 1 rings (SSSR count). The molecular formula is C15H22N2O4. The Labute approximate surface area is 124 Å². The molecule has 0 heterocycles. The van der Waals surface area contributed by atoms with E-state index in [-0.39, 0.29) is 12.3 Å². The van der Waals surface area contributed by atoms with Gasteiger partial charge in [0.15, 0.2) is 11.5 Å². The third kappa shape index (κ3) is 4.46. The Bertz CT molecular complexity index is 503.